The number of carbonyl (C=O) groups is 4. The fourth-order valence-electron chi connectivity index (χ4n) is 3.37. The number of carboxylic acid groups (broad SMARTS) is 1. The maximum atomic E-state index is 12.5. The molecule has 0 aliphatic carbocycles. The number of nitrogens with zero attached hydrogens (tertiary/aromatic N) is 2. The number of rotatable bonds is 4. The van der Waals surface area contributed by atoms with Crippen LogP contribution in [0, 0.1) is 5.92 Å². The molecule has 0 spiro atoms. The molecule has 8 heteroatoms. The van der Waals surface area contributed by atoms with Crippen molar-refractivity contribution in [3.05, 3.63) is 24.3 Å². The Hall–Kier alpha value is -2.90. The van der Waals surface area contributed by atoms with Gasteiger partial charge in [0.1, 0.15) is 6.54 Å². The zero-order chi connectivity index (χ0) is 18.7. The molecule has 3 amide bonds. The fourth-order valence-corrected chi connectivity index (χ4v) is 3.37. The summed E-state index contributed by atoms with van der Waals surface area (Å²) in [5.41, 5.74) is 1.19. The highest BCUT2D eigenvalue weighted by Crippen LogP contribution is 2.29. The number of nitrogens with one attached hydrogen (secondary N) is 1. The van der Waals surface area contributed by atoms with E-state index in [0.29, 0.717) is 30.8 Å². The molecule has 1 aromatic carbocycles. The lowest BCUT2D eigenvalue weighted by Crippen LogP contribution is -2.44. The molecule has 2 aliphatic heterocycles. The zero-order valence-electron chi connectivity index (χ0n) is 14.3. The van der Waals surface area contributed by atoms with Crippen LogP contribution in [-0.2, 0) is 19.2 Å². The molecule has 26 heavy (non-hydrogen) atoms. The van der Waals surface area contributed by atoms with Gasteiger partial charge < -0.3 is 20.2 Å². The number of benzene rings is 1. The van der Waals surface area contributed by atoms with Crippen molar-refractivity contribution in [2.24, 2.45) is 5.92 Å². The van der Waals surface area contributed by atoms with Crippen molar-refractivity contribution in [2.45, 2.75) is 25.7 Å². The molecule has 2 aliphatic rings. The van der Waals surface area contributed by atoms with Gasteiger partial charge in [-0.2, -0.15) is 0 Å². The molecular formula is C18H21N3O5. The number of carboxylic acids is 1. The van der Waals surface area contributed by atoms with Crippen molar-refractivity contribution in [1.29, 1.82) is 0 Å². The number of likely N-dealkylation sites (tertiary alicyclic amines) is 1. The lowest BCUT2D eigenvalue weighted by molar-refractivity contribution is -0.146. The van der Waals surface area contributed by atoms with E-state index in [-0.39, 0.29) is 43.7 Å². The second-order valence-corrected chi connectivity index (χ2v) is 6.56. The van der Waals surface area contributed by atoms with Gasteiger partial charge in [0.15, 0.2) is 0 Å². The van der Waals surface area contributed by atoms with E-state index < -0.39 is 11.9 Å². The largest absolute Gasteiger partial charge is 0.481 e. The average molecular weight is 359 g/mol. The number of para-hydroxylation sites is 2. The van der Waals surface area contributed by atoms with E-state index in [9.17, 15) is 19.2 Å². The highest BCUT2D eigenvalue weighted by molar-refractivity contribution is 6.10. The Balaban J connectivity index is 1.60. The Morgan fingerprint density at radius 3 is 2.65 bits per heavy atom. The van der Waals surface area contributed by atoms with Crippen LogP contribution in [0.15, 0.2) is 24.3 Å². The summed E-state index contributed by atoms with van der Waals surface area (Å²) in [7, 11) is 0. The Bertz CT molecular complexity index is 748. The van der Waals surface area contributed by atoms with E-state index in [0.717, 1.165) is 0 Å². The molecule has 1 saturated heterocycles. The predicted octanol–water partition coefficient (Wildman–Crippen LogP) is 1.08. The molecule has 1 aromatic rings. The number of anilines is 2. The van der Waals surface area contributed by atoms with Gasteiger partial charge in [0.05, 0.1) is 17.3 Å². The second-order valence-electron chi connectivity index (χ2n) is 6.56. The summed E-state index contributed by atoms with van der Waals surface area (Å²) in [5.74, 6) is -2.23. The molecule has 2 heterocycles. The highest BCUT2D eigenvalue weighted by atomic mass is 16.4. The summed E-state index contributed by atoms with van der Waals surface area (Å²) in [5, 5.41) is 11.8. The fraction of sp³-hybridized carbons (Fsp3) is 0.444. The first-order chi connectivity index (χ1) is 12.5. The minimum Gasteiger partial charge on any atom is -0.481 e. The van der Waals surface area contributed by atoms with Gasteiger partial charge in [-0.05, 0) is 25.0 Å². The zero-order valence-corrected chi connectivity index (χ0v) is 14.3. The van der Waals surface area contributed by atoms with Gasteiger partial charge in [-0.1, -0.05) is 12.1 Å². The monoisotopic (exact) mass is 359 g/mol. The number of carbonyl (C=O) groups excluding carboxylic acids is 3. The summed E-state index contributed by atoms with van der Waals surface area (Å²) in [6.07, 6.45) is 1.20. The number of hydrogen-bond acceptors (Lipinski definition) is 4. The quantitative estimate of drug-likeness (QED) is 0.836. The summed E-state index contributed by atoms with van der Waals surface area (Å²) >= 11 is 0. The summed E-state index contributed by atoms with van der Waals surface area (Å²) < 4.78 is 0. The molecule has 0 radical (unpaired) electrons. The van der Waals surface area contributed by atoms with Crippen LogP contribution in [0.3, 0.4) is 0 Å². The molecule has 0 saturated carbocycles. The van der Waals surface area contributed by atoms with Crippen LogP contribution in [0.25, 0.3) is 0 Å². The molecule has 1 atom stereocenters. The van der Waals surface area contributed by atoms with E-state index in [4.69, 9.17) is 5.11 Å². The van der Waals surface area contributed by atoms with Crippen LogP contribution < -0.4 is 10.2 Å². The van der Waals surface area contributed by atoms with Gasteiger partial charge in [-0.3, -0.25) is 19.2 Å². The normalized spacial score (nSPS) is 19.5. The van der Waals surface area contributed by atoms with Crippen molar-refractivity contribution in [2.75, 3.05) is 29.9 Å². The van der Waals surface area contributed by atoms with Crippen molar-refractivity contribution in [3.63, 3.8) is 0 Å². The molecule has 0 aromatic heterocycles. The van der Waals surface area contributed by atoms with Crippen molar-refractivity contribution < 1.29 is 24.3 Å². The highest BCUT2D eigenvalue weighted by Gasteiger charge is 2.30. The van der Waals surface area contributed by atoms with E-state index in [1.807, 2.05) is 0 Å². The van der Waals surface area contributed by atoms with E-state index >= 15 is 0 Å². The third-order valence-electron chi connectivity index (χ3n) is 4.75. The van der Waals surface area contributed by atoms with Gasteiger partial charge in [0.25, 0.3) is 0 Å². The van der Waals surface area contributed by atoms with Gasteiger partial charge in [-0.25, -0.2) is 0 Å². The molecule has 3 rings (SSSR count). The molecule has 0 unspecified atom stereocenters. The van der Waals surface area contributed by atoms with Crippen LogP contribution in [0.4, 0.5) is 11.4 Å². The summed E-state index contributed by atoms with van der Waals surface area (Å²) in [6, 6.07) is 7.02. The van der Waals surface area contributed by atoms with Gasteiger partial charge >= 0.3 is 5.97 Å². The van der Waals surface area contributed by atoms with Crippen LogP contribution in [0.1, 0.15) is 25.7 Å². The lowest BCUT2D eigenvalue weighted by Gasteiger charge is -2.31. The molecular weight excluding hydrogens is 338 g/mol. The van der Waals surface area contributed by atoms with E-state index in [2.05, 4.69) is 5.32 Å². The first-order valence-corrected chi connectivity index (χ1v) is 8.65. The Labute approximate surface area is 150 Å². The van der Waals surface area contributed by atoms with Crippen LogP contribution >= 0.6 is 0 Å². The molecule has 8 nitrogen and oxygen atoms in total. The molecule has 1 fully saturated rings. The third kappa shape index (κ3) is 3.84. The Morgan fingerprint density at radius 1 is 1.15 bits per heavy atom. The summed E-state index contributed by atoms with van der Waals surface area (Å²) in [4.78, 5) is 50.7. The van der Waals surface area contributed by atoms with Gasteiger partial charge in [-0.15, -0.1) is 0 Å². The minimum atomic E-state index is -0.894. The summed E-state index contributed by atoms with van der Waals surface area (Å²) in [6.45, 7) is 0.637. The molecule has 2 N–H and O–H groups in total. The first-order valence-electron chi connectivity index (χ1n) is 8.65. The maximum absolute atomic E-state index is 12.5. The Kier molecular flexibility index (Phi) is 5.20. The lowest BCUT2D eigenvalue weighted by atomic mass is 9.98. The smallest absolute Gasteiger partial charge is 0.308 e. The predicted molar refractivity (Wildman–Crippen MR) is 93.6 cm³/mol. The van der Waals surface area contributed by atoms with E-state index in [1.165, 1.54) is 9.80 Å². The SMILES string of the molecule is O=C1CN(C(=O)CCC(=O)N2CCC[C@H](C(=O)O)C2)c2ccccc2N1. The average Bonchev–Trinajstić information content (AvgIpc) is 2.65. The van der Waals surface area contributed by atoms with Crippen LogP contribution in [0.2, 0.25) is 0 Å². The number of hydrogen-bond donors (Lipinski definition) is 2. The number of aliphatic carboxylic acids is 1. The van der Waals surface area contributed by atoms with Crippen molar-refractivity contribution in [1.82, 2.24) is 4.90 Å². The topological polar surface area (TPSA) is 107 Å². The van der Waals surface area contributed by atoms with Crippen LogP contribution in [0.5, 0.6) is 0 Å². The number of amides is 3. The number of fused-ring (bicyclic) bond motifs is 1. The third-order valence-corrected chi connectivity index (χ3v) is 4.75. The maximum Gasteiger partial charge on any atom is 0.308 e. The molecule has 138 valence electrons. The van der Waals surface area contributed by atoms with Crippen molar-refractivity contribution in [3.8, 4) is 0 Å². The minimum absolute atomic E-state index is 0.00542. The van der Waals surface area contributed by atoms with Gasteiger partial charge in [0.2, 0.25) is 17.7 Å². The Morgan fingerprint density at radius 2 is 1.88 bits per heavy atom. The standard InChI is InChI=1S/C18H21N3O5/c22-15-11-21(14-6-2-1-5-13(14)19-15)17(24)8-7-16(23)20-9-3-4-12(10-20)18(25)26/h1-2,5-6,12H,3-4,7-11H2,(H,19,22)(H,25,26)/t12-/m0/s1. The van der Waals surface area contributed by atoms with E-state index in [1.54, 1.807) is 24.3 Å². The van der Waals surface area contributed by atoms with Crippen molar-refractivity contribution >= 4 is 35.1 Å². The second kappa shape index (κ2) is 7.55. The number of piperidine rings is 1. The van der Waals surface area contributed by atoms with Crippen LogP contribution in [-0.4, -0.2) is 53.3 Å². The van der Waals surface area contributed by atoms with Gasteiger partial charge in [0, 0.05) is 25.9 Å². The molecule has 0 bridgehead atoms. The first kappa shape index (κ1) is 17.9.